The molecular formula is C28H38N4O5. The molecule has 0 atom stereocenters. The Bertz CT molecular complexity index is 1210. The molecule has 9 heteroatoms. The van der Waals surface area contributed by atoms with E-state index >= 15 is 0 Å². The van der Waals surface area contributed by atoms with Crippen molar-refractivity contribution in [2.45, 2.75) is 39.3 Å². The van der Waals surface area contributed by atoms with Gasteiger partial charge >= 0.3 is 0 Å². The van der Waals surface area contributed by atoms with Crippen LogP contribution in [0.4, 0.5) is 5.69 Å². The molecule has 37 heavy (non-hydrogen) atoms. The van der Waals surface area contributed by atoms with Gasteiger partial charge in [0.05, 0.1) is 38.0 Å². The van der Waals surface area contributed by atoms with Gasteiger partial charge < -0.3 is 29.3 Å². The van der Waals surface area contributed by atoms with Gasteiger partial charge in [-0.05, 0) is 50.6 Å². The Morgan fingerprint density at radius 1 is 1.16 bits per heavy atom. The van der Waals surface area contributed by atoms with Crippen molar-refractivity contribution in [3.05, 3.63) is 52.1 Å². The van der Waals surface area contributed by atoms with Crippen molar-refractivity contribution in [1.29, 1.82) is 5.41 Å². The molecule has 1 aliphatic rings. The number of hydrogen-bond acceptors (Lipinski definition) is 7. The Labute approximate surface area is 219 Å². The standard InChI is InChI=1S/C28H38N4O5/c1-9-37-24-13-19-15-32(27(29)20(19)10-18(24)14-25(34)30-4)16-23(33)17-11-21(28(2,3)36-8)26(35-7)22(12-17)31(5)6/h10-13,29H,9,14-16H2,1-8H3,(H,30,34). The number of benzene rings is 2. The largest absolute Gasteiger partial charge is 0.494 e. The molecule has 9 nitrogen and oxygen atoms in total. The Morgan fingerprint density at radius 3 is 2.43 bits per heavy atom. The highest BCUT2D eigenvalue weighted by molar-refractivity contribution is 6.06. The summed E-state index contributed by atoms with van der Waals surface area (Å²) < 4.78 is 17.2. The van der Waals surface area contributed by atoms with Crippen LogP contribution in [0.5, 0.6) is 11.5 Å². The average molecular weight is 511 g/mol. The Kier molecular flexibility index (Phi) is 8.48. The number of methoxy groups -OCH3 is 2. The number of nitrogens with one attached hydrogen (secondary N) is 2. The average Bonchev–Trinajstić information content (AvgIpc) is 3.16. The third-order valence-corrected chi connectivity index (χ3v) is 6.72. The van der Waals surface area contributed by atoms with Gasteiger partial charge in [0.15, 0.2) is 5.78 Å². The highest BCUT2D eigenvalue weighted by Crippen LogP contribution is 2.40. The summed E-state index contributed by atoms with van der Waals surface area (Å²) in [5.74, 6) is 1.28. The lowest BCUT2D eigenvalue weighted by Crippen LogP contribution is -2.31. The molecule has 0 aromatic heterocycles. The zero-order valence-electron chi connectivity index (χ0n) is 23.1. The zero-order chi connectivity index (χ0) is 27.5. The van der Waals surface area contributed by atoms with Crippen LogP contribution in [0, 0.1) is 5.41 Å². The number of hydrogen-bond donors (Lipinski definition) is 2. The van der Waals surface area contributed by atoms with Crippen molar-refractivity contribution < 1.29 is 23.8 Å². The van der Waals surface area contributed by atoms with Crippen LogP contribution in [0.3, 0.4) is 0 Å². The smallest absolute Gasteiger partial charge is 0.224 e. The van der Waals surface area contributed by atoms with Crippen molar-refractivity contribution >= 4 is 23.2 Å². The molecule has 1 heterocycles. The summed E-state index contributed by atoms with van der Waals surface area (Å²) >= 11 is 0. The van der Waals surface area contributed by atoms with Crippen LogP contribution in [-0.4, -0.2) is 70.9 Å². The van der Waals surface area contributed by atoms with Crippen LogP contribution in [0.2, 0.25) is 0 Å². The summed E-state index contributed by atoms with van der Waals surface area (Å²) in [5.41, 5.74) is 3.70. The predicted molar refractivity (Wildman–Crippen MR) is 144 cm³/mol. The minimum Gasteiger partial charge on any atom is -0.494 e. The van der Waals surface area contributed by atoms with Gasteiger partial charge in [0.25, 0.3) is 0 Å². The van der Waals surface area contributed by atoms with Crippen LogP contribution in [0.15, 0.2) is 24.3 Å². The highest BCUT2D eigenvalue weighted by Gasteiger charge is 2.31. The van der Waals surface area contributed by atoms with Crippen LogP contribution in [-0.2, 0) is 28.1 Å². The van der Waals surface area contributed by atoms with E-state index < -0.39 is 5.60 Å². The Balaban J connectivity index is 1.94. The molecule has 3 rings (SSSR count). The molecule has 0 saturated heterocycles. The third-order valence-electron chi connectivity index (χ3n) is 6.72. The number of nitrogens with zero attached hydrogens (tertiary/aromatic N) is 2. The first-order valence-corrected chi connectivity index (χ1v) is 12.3. The number of carbonyl (C=O) groups excluding carboxylic acids is 2. The van der Waals surface area contributed by atoms with Crippen LogP contribution in [0.25, 0.3) is 0 Å². The van der Waals surface area contributed by atoms with E-state index in [0.717, 1.165) is 22.4 Å². The lowest BCUT2D eigenvalue weighted by atomic mass is 9.92. The molecule has 200 valence electrons. The first-order valence-electron chi connectivity index (χ1n) is 12.3. The molecule has 2 aromatic rings. The predicted octanol–water partition coefficient (Wildman–Crippen LogP) is 3.35. The molecule has 0 radical (unpaired) electrons. The number of ether oxygens (including phenoxy) is 3. The van der Waals surface area contributed by atoms with Crippen molar-refractivity contribution in [3.63, 3.8) is 0 Å². The SMILES string of the molecule is CCOc1cc2c(cc1CC(=O)NC)C(=N)N(CC(=O)c1cc(N(C)C)c(OC)c(C(C)(C)OC)c1)C2. The monoisotopic (exact) mass is 510 g/mol. The number of fused-ring (bicyclic) bond motifs is 1. The second-order valence-corrected chi connectivity index (χ2v) is 9.71. The van der Waals surface area contributed by atoms with Gasteiger partial charge in [-0.1, -0.05) is 0 Å². The summed E-state index contributed by atoms with van der Waals surface area (Å²) in [6.45, 7) is 6.65. The van der Waals surface area contributed by atoms with Gasteiger partial charge in [-0.15, -0.1) is 0 Å². The second kappa shape index (κ2) is 11.2. The van der Waals surface area contributed by atoms with Crippen molar-refractivity contribution in [2.75, 3.05) is 53.4 Å². The minimum absolute atomic E-state index is 0.0360. The molecule has 0 unspecified atom stereocenters. The van der Waals surface area contributed by atoms with Crippen molar-refractivity contribution in [3.8, 4) is 11.5 Å². The number of ketones is 1. The fraction of sp³-hybridized carbons (Fsp3) is 0.464. The highest BCUT2D eigenvalue weighted by atomic mass is 16.5. The molecule has 2 N–H and O–H groups in total. The number of likely N-dealkylation sites (N-methyl/N-ethyl adjacent to an activating group) is 1. The fourth-order valence-electron chi connectivity index (χ4n) is 4.44. The number of rotatable bonds is 11. The maximum atomic E-state index is 13.5. The Hall–Kier alpha value is -3.59. The molecule has 0 fully saturated rings. The summed E-state index contributed by atoms with van der Waals surface area (Å²) in [5, 5.41) is 11.4. The van der Waals surface area contributed by atoms with Gasteiger partial charge in [-0.3, -0.25) is 15.0 Å². The molecule has 1 aliphatic heterocycles. The normalized spacial score (nSPS) is 12.9. The Morgan fingerprint density at radius 2 is 1.86 bits per heavy atom. The van der Waals surface area contributed by atoms with Gasteiger partial charge in [0.2, 0.25) is 5.91 Å². The van der Waals surface area contributed by atoms with Gasteiger partial charge in [0.1, 0.15) is 17.3 Å². The maximum Gasteiger partial charge on any atom is 0.224 e. The lowest BCUT2D eigenvalue weighted by molar-refractivity contribution is -0.119. The number of Topliss-reactive ketones (excluding diaryl/α,β-unsaturated/α-hetero) is 1. The van der Waals surface area contributed by atoms with Crippen LogP contribution in [0.1, 0.15) is 53.4 Å². The first kappa shape index (κ1) is 28.0. The maximum absolute atomic E-state index is 13.5. The lowest BCUT2D eigenvalue weighted by Gasteiger charge is -2.29. The van der Waals surface area contributed by atoms with Gasteiger partial charge in [-0.25, -0.2) is 0 Å². The molecule has 1 amide bonds. The van der Waals surface area contributed by atoms with E-state index in [-0.39, 0.29) is 30.5 Å². The topological polar surface area (TPSA) is 104 Å². The summed E-state index contributed by atoms with van der Waals surface area (Å²) in [6, 6.07) is 7.35. The third kappa shape index (κ3) is 5.72. The number of anilines is 1. The number of amidine groups is 1. The van der Waals surface area contributed by atoms with Crippen molar-refractivity contribution in [1.82, 2.24) is 10.2 Å². The summed E-state index contributed by atoms with van der Waals surface area (Å²) in [4.78, 5) is 29.2. The molecule has 0 spiro atoms. The van der Waals surface area contributed by atoms with E-state index in [0.29, 0.717) is 35.8 Å². The molecule has 2 aromatic carbocycles. The molecule has 0 saturated carbocycles. The van der Waals surface area contributed by atoms with Crippen LogP contribution < -0.4 is 19.7 Å². The van der Waals surface area contributed by atoms with E-state index in [4.69, 9.17) is 19.6 Å². The zero-order valence-corrected chi connectivity index (χ0v) is 23.1. The van der Waals surface area contributed by atoms with Gasteiger partial charge in [-0.2, -0.15) is 0 Å². The van der Waals surface area contributed by atoms with Gasteiger partial charge in [0, 0.05) is 57.1 Å². The minimum atomic E-state index is -0.681. The summed E-state index contributed by atoms with van der Waals surface area (Å²) in [7, 11) is 8.62. The van der Waals surface area contributed by atoms with Crippen molar-refractivity contribution in [2.24, 2.45) is 0 Å². The van der Waals surface area contributed by atoms with E-state index in [1.165, 1.54) is 0 Å². The molecule has 0 bridgehead atoms. The van der Waals surface area contributed by atoms with E-state index in [2.05, 4.69) is 5.32 Å². The quantitative estimate of drug-likeness (QED) is 0.447. The number of carbonyl (C=O) groups is 2. The molecule has 0 aliphatic carbocycles. The van der Waals surface area contributed by atoms with E-state index in [1.54, 1.807) is 26.2 Å². The second-order valence-electron chi connectivity index (χ2n) is 9.71. The summed E-state index contributed by atoms with van der Waals surface area (Å²) in [6.07, 6.45) is 0.155. The number of amides is 1. The van der Waals surface area contributed by atoms with Crippen LogP contribution >= 0.6 is 0 Å². The fourth-order valence-corrected chi connectivity index (χ4v) is 4.44. The van der Waals surface area contributed by atoms with E-state index in [1.807, 2.05) is 64.0 Å². The molecular weight excluding hydrogens is 472 g/mol. The first-order chi connectivity index (χ1) is 17.5. The van der Waals surface area contributed by atoms with E-state index in [9.17, 15) is 9.59 Å².